The van der Waals surface area contributed by atoms with Gasteiger partial charge in [-0.3, -0.25) is 9.68 Å². The van der Waals surface area contributed by atoms with Crippen LogP contribution >= 0.6 is 0 Å². The van der Waals surface area contributed by atoms with Crippen LogP contribution in [0, 0.1) is 0 Å². The molecule has 0 aromatic heterocycles. The zero-order chi connectivity index (χ0) is 18.5. The third-order valence-electron chi connectivity index (χ3n) is 1.97. The summed E-state index contributed by atoms with van der Waals surface area (Å²) < 4.78 is 55.5. The second-order valence-corrected chi connectivity index (χ2v) is 3.90. The van der Waals surface area contributed by atoms with Crippen molar-refractivity contribution in [3.8, 4) is 0 Å². The zero-order valence-corrected chi connectivity index (χ0v) is 12.4. The molecule has 0 rings (SSSR count). The molecule has 0 aliphatic carbocycles. The topological polar surface area (TPSA) is 99.5 Å². The van der Waals surface area contributed by atoms with Gasteiger partial charge in [-0.1, -0.05) is 18.6 Å². The summed E-state index contributed by atoms with van der Waals surface area (Å²) in [5.74, 6) is -8.84. The Labute approximate surface area is 129 Å². The van der Waals surface area contributed by atoms with Gasteiger partial charge < -0.3 is 15.3 Å². The third kappa shape index (κ3) is 11.1. The van der Waals surface area contributed by atoms with E-state index in [1.165, 1.54) is 5.23 Å². The van der Waals surface area contributed by atoms with Crippen LogP contribution < -0.4 is 0 Å². The summed E-state index contributed by atoms with van der Waals surface area (Å²) in [6, 6.07) is 0. The standard InChI is InChI=1S/C8H19NO4.C3HF5O2/c1-2-3-4-9(12-7-5-10)13-8-6-11;4-2(5,1(9)10)3(6,7)8/h10-11H,2-8H2,1H3;(H,9,10). The molecule has 140 valence electrons. The van der Waals surface area contributed by atoms with Crippen molar-refractivity contribution in [3.05, 3.63) is 0 Å². The highest BCUT2D eigenvalue weighted by Gasteiger charge is 2.64. The van der Waals surface area contributed by atoms with E-state index in [2.05, 4.69) is 6.92 Å². The van der Waals surface area contributed by atoms with E-state index in [1.807, 2.05) is 0 Å². The molecular weight excluding hydrogens is 337 g/mol. The Morgan fingerprint density at radius 2 is 1.48 bits per heavy atom. The first-order chi connectivity index (χ1) is 10.5. The quantitative estimate of drug-likeness (QED) is 0.399. The minimum Gasteiger partial charge on any atom is -0.477 e. The van der Waals surface area contributed by atoms with Gasteiger partial charge in [0.1, 0.15) is 0 Å². The van der Waals surface area contributed by atoms with Crippen LogP contribution in [0.4, 0.5) is 22.0 Å². The number of alkyl halides is 5. The predicted molar refractivity (Wildman–Crippen MR) is 66.3 cm³/mol. The normalized spacial score (nSPS) is 12.0. The molecule has 0 aliphatic rings. The Balaban J connectivity index is 0. The van der Waals surface area contributed by atoms with Crippen LogP contribution in [0.2, 0.25) is 0 Å². The molecule has 0 aromatic carbocycles. The Kier molecular flexibility index (Phi) is 13.0. The number of hydroxylamine groups is 2. The van der Waals surface area contributed by atoms with Crippen LogP contribution in [0.5, 0.6) is 0 Å². The van der Waals surface area contributed by atoms with E-state index in [4.69, 9.17) is 25.0 Å². The molecule has 0 aromatic rings. The van der Waals surface area contributed by atoms with Crippen molar-refractivity contribution in [1.29, 1.82) is 0 Å². The smallest absolute Gasteiger partial charge is 0.465 e. The van der Waals surface area contributed by atoms with Gasteiger partial charge in [0.2, 0.25) is 0 Å². The Morgan fingerprint density at radius 1 is 1.04 bits per heavy atom. The molecule has 3 N–H and O–H groups in total. The van der Waals surface area contributed by atoms with Crippen molar-refractivity contribution in [2.75, 3.05) is 33.0 Å². The lowest BCUT2D eigenvalue weighted by atomic mass is 10.3. The summed E-state index contributed by atoms with van der Waals surface area (Å²) in [5.41, 5.74) is 0. The van der Waals surface area contributed by atoms with Gasteiger partial charge in [0.05, 0.1) is 33.0 Å². The zero-order valence-electron chi connectivity index (χ0n) is 12.4. The second-order valence-electron chi connectivity index (χ2n) is 3.90. The molecular formula is C11H20F5NO6. The summed E-state index contributed by atoms with van der Waals surface area (Å²) in [6.07, 6.45) is -4.02. The summed E-state index contributed by atoms with van der Waals surface area (Å²) in [5, 5.41) is 25.6. The van der Waals surface area contributed by atoms with Crippen molar-refractivity contribution in [2.24, 2.45) is 0 Å². The SMILES string of the molecule is CCCCN(OCCO)OCCO.O=C(O)C(F)(F)C(F)(F)F. The van der Waals surface area contributed by atoms with Gasteiger partial charge in [0.25, 0.3) is 0 Å². The molecule has 0 unspecified atom stereocenters. The lowest BCUT2D eigenvalue weighted by molar-refractivity contribution is -0.371. The first-order valence-corrected chi connectivity index (χ1v) is 6.47. The minimum atomic E-state index is -6.02. The maximum absolute atomic E-state index is 11.3. The Bertz CT molecular complexity index is 297. The van der Waals surface area contributed by atoms with Crippen LogP contribution in [0.15, 0.2) is 0 Å². The van der Waals surface area contributed by atoms with E-state index in [9.17, 15) is 26.7 Å². The highest BCUT2D eigenvalue weighted by atomic mass is 19.4. The number of carboxylic acid groups (broad SMARTS) is 1. The fraction of sp³-hybridized carbons (Fsp3) is 0.909. The second kappa shape index (κ2) is 12.4. The van der Waals surface area contributed by atoms with Gasteiger partial charge in [-0.05, 0) is 6.42 Å². The van der Waals surface area contributed by atoms with Crippen molar-refractivity contribution in [1.82, 2.24) is 5.23 Å². The highest BCUT2D eigenvalue weighted by Crippen LogP contribution is 2.35. The molecule has 0 spiro atoms. The molecule has 12 heteroatoms. The number of nitrogens with zero attached hydrogens (tertiary/aromatic N) is 1. The van der Waals surface area contributed by atoms with Gasteiger partial charge in [0, 0.05) is 0 Å². The van der Waals surface area contributed by atoms with E-state index in [0.29, 0.717) is 6.54 Å². The average Bonchev–Trinajstić information content (AvgIpc) is 2.46. The molecule has 7 nitrogen and oxygen atoms in total. The van der Waals surface area contributed by atoms with Gasteiger partial charge in [-0.2, -0.15) is 22.0 Å². The number of unbranched alkanes of at least 4 members (excludes halogenated alkanes) is 1. The van der Waals surface area contributed by atoms with Crippen LogP contribution in [-0.4, -0.2) is 71.6 Å². The summed E-state index contributed by atoms with van der Waals surface area (Å²) >= 11 is 0. The number of rotatable bonds is 10. The molecule has 23 heavy (non-hydrogen) atoms. The van der Waals surface area contributed by atoms with Crippen molar-refractivity contribution in [3.63, 3.8) is 0 Å². The number of hydrogen-bond acceptors (Lipinski definition) is 6. The number of carboxylic acids is 1. The molecule has 0 bridgehead atoms. The molecule has 0 heterocycles. The number of hydrogen-bond donors (Lipinski definition) is 3. The van der Waals surface area contributed by atoms with E-state index >= 15 is 0 Å². The molecule has 0 saturated carbocycles. The van der Waals surface area contributed by atoms with E-state index < -0.39 is 18.1 Å². The summed E-state index contributed by atoms with van der Waals surface area (Å²) in [6.45, 7) is 3.08. The fourth-order valence-corrected chi connectivity index (χ4v) is 0.860. The number of aliphatic hydroxyl groups is 2. The molecule has 0 atom stereocenters. The van der Waals surface area contributed by atoms with Crippen molar-refractivity contribution < 1.29 is 51.7 Å². The van der Waals surface area contributed by atoms with Gasteiger partial charge in [0.15, 0.2) is 0 Å². The molecule has 0 amide bonds. The molecule has 0 saturated heterocycles. The maximum Gasteiger partial charge on any atom is 0.465 e. The average molecular weight is 357 g/mol. The third-order valence-corrected chi connectivity index (χ3v) is 1.97. The van der Waals surface area contributed by atoms with Gasteiger partial charge in [-0.15, -0.1) is 0 Å². The lowest BCUT2D eigenvalue weighted by Crippen LogP contribution is -2.43. The highest BCUT2D eigenvalue weighted by molar-refractivity contribution is 5.76. The van der Waals surface area contributed by atoms with E-state index in [1.54, 1.807) is 0 Å². The van der Waals surface area contributed by atoms with Crippen LogP contribution in [0.1, 0.15) is 19.8 Å². The van der Waals surface area contributed by atoms with Gasteiger partial charge in [-0.25, -0.2) is 4.79 Å². The summed E-state index contributed by atoms with van der Waals surface area (Å²) in [4.78, 5) is 19.3. The van der Waals surface area contributed by atoms with E-state index in [-0.39, 0.29) is 26.4 Å². The van der Waals surface area contributed by atoms with Crippen LogP contribution in [0.3, 0.4) is 0 Å². The number of carbonyl (C=O) groups is 1. The number of aliphatic carboxylic acids is 1. The fourth-order valence-electron chi connectivity index (χ4n) is 0.860. The molecule has 0 aliphatic heterocycles. The van der Waals surface area contributed by atoms with E-state index in [0.717, 1.165) is 12.8 Å². The van der Waals surface area contributed by atoms with Gasteiger partial charge >= 0.3 is 18.1 Å². The number of halogens is 5. The van der Waals surface area contributed by atoms with Crippen molar-refractivity contribution >= 4 is 5.97 Å². The Morgan fingerprint density at radius 3 is 1.70 bits per heavy atom. The molecule has 0 radical (unpaired) electrons. The van der Waals surface area contributed by atoms with Crippen LogP contribution in [-0.2, 0) is 14.5 Å². The first kappa shape index (κ1) is 24.2. The Hall–Kier alpha value is -1.08. The van der Waals surface area contributed by atoms with Crippen LogP contribution in [0.25, 0.3) is 0 Å². The minimum absolute atomic E-state index is 0.0366. The van der Waals surface area contributed by atoms with Crippen molar-refractivity contribution in [2.45, 2.75) is 31.9 Å². The number of aliphatic hydroxyl groups excluding tert-OH is 2. The lowest BCUT2D eigenvalue weighted by Gasteiger charge is -2.19. The first-order valence-electron chi connectivity index (χ1n) is 6.47. The maximum atomic E-state index is 11.3. The summed E-state index contributed by atoms with van der Waals surface area (Å²) in [7, 11) is 0. The monoisotopic (exact) mass is 357 g/mol. The molecule has 0 fully saturated rings. The predicted octanol–water partition coefficient (Wildman–Crippen LogP) is 1.20. The largest absolute Gasteiger partial charge is 0.477 e.